The summed E-state index contributed by atoms with van der Waals surface area (Å²) in [5.74, 6) is 2.11. The van der Waals surface area contributed by atoms with Gasteiger partial charge >= 0.3 is 0 Å². The number of carbonyl (C=O) groups excluding carboxylic acids is 1. The molecule has 1 aliphatic rings. The second kappa shape index (κ2) is 13.3. The molecular formula is C25H35IN4O3. The van der Waals surface area contributed by atoms with Crippen molar-refractivity contribution >= 4 is 35.8 Å². The molecule has 180 valence electrons. The number of amides is 1. The van der Waals surface area contributed by atoms with Gasteiger partial charge in [-0.1, -0.05) is 30.3 Å². The van der Waals surface area contributed by atoms with E-state index in [-0.39, 0.29) is 42.5 Å². The van der Waals surface area contributed by atoms with Gasteiger partial charge in [-0.25, -0.2) is 0 Å². The highest BCUT2D eigenvalue weighted by Crippen LogP contribution is 2.30. The molecular weight excluding hydrogens is 531 g/mol. The van der Waals surface area contributed by atoms with Crippen molar-refractivity contribution in [2.24, 2.45) is 4.99 Å². The van der Waals surface area contributed by atoms with Crippen LogP contribution in [0.5, 0.6) is 11.5 Å². The summed E-state index contributed by atoms with van der Waals surface area (Å²) in [6, 6.07) is 14.2. The minimum absolute atomic E-state index is 0. The van der Waals surface area contributed by atoms with Crippen LogP contribution in [0.2, 0.25) is 0 Å². The molecule has 0 radical (unpaired) electrons. The molecule has 0 bridgehead atoms. The van der Waals surface area contributed by atoms with Gasteiger partial charge in [-0.2, -0.15) is 0 Å². The van der Waals surface area contributed by atoms with Crippen LogP contribution in [-0.4, -0.2) is 50.1 Å². The monoisotopic (exact) mass is 566 g/mol. The summed E-state index contributed by atoms with van der Waals surface area (Å²) in [7, 11) is 1.70. The number of fused-ring (bicyclic) bond motifs is 1. The molecule has 1 heterocycles. The number of nitrogens with one attached hydrogen (secondary N) is 2. The molecule has 1 unspecified atom stereocenters. The Kier molecular flexibility index (Phi) is 10.8. The Labute approximate surface area is 214 Å². The maximum atomic E-state index is 12.7. The lowest BCUT2D eigenvalue weighted by Crippen LogP contribution is -2.46. The maximum absolute atomic E-state index is 12.7. The summed E-state index contributed by atoms with van der Waals surface area (Å²) in [5.41, 5.74) is 3.60. The van der Waals surface area contributed by atoms with Gasteiger partial charge in [0.1, 0.15) is 0 Å². The number of guanidine groups is 1. The Morgan fingerprint density at radius 1 is 1.09 bits per heavy atom. The van der Waals surface area contributed by atoms with Gasteiger partial charge in [0.15, 0.2) is 17.5 Å². The average molecular weight is 566 g/mol. The van der Waals surface area contributed by atoms with Crippen molar-refractivity contribution in [1.82, 2.24) is 15.5 Å². The molecule has 0 aromatic heterocycles. The van der Waals surface area contributed by atoms with Gasteiger partial charge in [-0.3, -0.25) is 9.79 Å². The van der Waals surface area contributed by atoms with Crippen molar-refractivity contribution in [3.05, 3.63) is 59.2 Å². The fourth-order valence-corrected chi connectivity index (χ4v) is 3.80. The van der Waals surface area contributed by atoms with Gasteiger partial charge in [-0.15, -0.1) is 24.0 Å². The van der Waals surface area contributed by atoms with E-state index < -0.39 is 0 Å². The third kappa shape index (κ3) is 7.25. The topological polar surface area (TPSA) is 75.2 Å². The first-order valence-corrected chi connectivity index (χ1v) is 11.3. The molecule has 2 aromatic rings. The summed E-state index contributed by atoms with van der Waals surface area (Å²) in [6.45, 7) is 8.70. The summed E-state index contributed by atoms with van der Waals surface area (Å²) in [4.78, 5) is 18.9. The van der Waals surface area contributed by atoms with Crippen LogP contribution in [0, 0.1) is 0 Å². The number of rotatable bonds is 8. The Hall–Kier alpha value is -2.49. The molecule has 1 amide bonds. The van der Waals surface area contributed by atoms with Crippen molar-refractivity contribution in [2.75, 3.05) is 33.4 Å². The van der Waals surface area contributed by atoms with Crippen molar-refractivity contribution in [3.8, 4) is 11.5 Å². The normalized spacial score (nSPS) is 13.9. The van der Waals surface area contributed by atoms with E-state index in [1.165, 1.54) is 11.1 Å². The van der Waals surface area contributed by atoms with Gasteiger partial charge in [0.2, 0.25) is 5.91 Å². The molecule has 0 saturated heterocycles. The van der Waals surface area contributed by atoms with Gasteiger partial charge in [0, 0.05) is 20.1 Å². The van der Waals surface area contributed by atoms with Gasteiger partial charge in [0.25, 0.3) is 0 Å². The smallest absolute Gasteiger partial charge is 0.242 e. The van der Waals surface area contributed by atoms with Gasteiger partial charge in [0.05, 0.1) is 25.8 Å². The molecule has 33 heavy (non-hydrogen) atoms. The van der Waals surface area contributed by atoms with E-state index in [0.29, 0.717) is 25.7 Å². The van der Waals surface area contributed by atoms with Gasteiger partial charge in [-0.05, 0) is 56.0 Å². The molecule has 2 N–H and O–H groups in total. The van der Waals surface area contributed by atoms with Crippen LogP contribution in [0.4, 0.5) is 0 Å². The average Bonchev–Trinajstić information content (AvgIpc) is 2.82. The van der Waals surface area contributed by atoms with E-state index in [4.69, 9.17) is 9.47 Å². The SMILES string of the molecule is CCOc1ccc(C(C)NC(=NC)NCC(=O)N2CCc3ccccc3C2)cc1OCC.I. The number of ether oxygens (including phenoxy) is 2. The number of hydrogen-bond donors (Lipinski definition) is 2. The van der Waals surface area contributed by atoms with E-state index in [1.54, 1.807) is 7.05 Å². The number of carbonyl (C=O) groups is 1. The summed E-state index contributed by atoms with van der Waals surface area (Å²) in [5, 5.41) is 6.50. The molecule has 0 aliphatic carbocycles. The Morgan fingerprint density at radius 3 is 2.48 bits per heavy atom. The molecule has 0 spiro atoms. The number of aliphatic imine (C=N–C) groups is 1. The van der Waals surface area contributed by atoms with Crippen molar-refractivity contribution in [2.45, 2.75) is 39.8 Å². The quantitative estimate of drug-likeness (QED) is 0.288. The molecule has 1 aliphatic heterocycles. The van der Waals surface area contributed by atoms with Crippen LogP contribution in [0.15, 0.2) is 47.5 Å². The standard InChI is InChI=1S/C25H34N4O3.HI/c1-5-31-22-12-11-20(15-23(22)32-6-2)18(3)28-25(26-4)27-16-24(30)29-14-13-19-9-7-8-10-21(19)17-29;/h7-12,15,18H,5-6,13-14,16-17H2,1-4H3,(H2,26,27,28);1H. The third-order valence-corrected chi connectivity index (χ3v) is 5.53. The highest BCUT2D eigenvalue weighted by molar-refractivity contribution is 14.0. The fraction of sp³-hybridized carbons (Fsp3) is 0.440. The summed E-state index contributed by atoms with van der Waals surface area (Å²) >= 11 is 0. The second-order valence-corrected chi connectivity index (χ2v) is 7.70. The zero-order chi connectivity index (χ0) is 22.9. The zero-order valence-corrected chi connectivity index (χ0v) is 22.2. The predicted molar refractivity (Wildman–Crippen MR) is 143 cm³/mol. The number of benzene rings is 2. The molecule has 8 heteroatoms. The number of hydrogen-bond acceptors (Lipinski definition) is 4. The van der Waals surface area contributed by atoms with E-state index in [0.717, 1.165) is 30.0 Å². The molecule has 3 rings (SSSR count). The van der Waals surface area contributed by atoms with Crippen molar-refractivity contribution in [1.29, 1.82) is 0 Å². The van der Waals surface area contributed by atoms with Crippen molar-refractivity contribution < 1.29 is 14.3 Å². The highest BCUT2D eigenvalue weighted by atomic mass is 127. The largest absolute Gasteiger partial charge is 0.490 e. The van der Waals surface area contributed by atoms with Crippen LogP contribution in [0.25, 0.3) is 0 Å². The predicted octanol–water partition coefficient (Wildman–Crippen LogP) is 3.91. The van der Waals surface area contributed by atoms with E-state index >= 15 is 0 Å². The summed E-state index contributed by atoms with van der Waals surface area (Å²) in [6.07, 6.45) is 0.895. The Balaban J connectivity index is 0.00000385. The summed E-state index contributed by atoms with van der Waals surface area (Å²) < 4.78 is 11.4. The Morgan fingerprint density at radius 2 is 1.79 bits per heavy atom. The van der Waals surface area contributed by atoms with Crippen LogP contribution >= 0.6 is 24.0 Å². The maximum Gasteiger partial charge on any atom is 0.242 e. The lowest BCUT2D eigenvalue weighted by atomic mass is 10.00. The first-order chi connectivity index (χ1) is 15.5. The molecule has 1 atom stereocenters. The second-order valence-electron chi connectivity index (χ2n) is 7.70. The van der Waals surface area contributed by atoms with E-state index in [1.807, 2.05) is 49.9 Å². The van der Waals surface area contributed by atoms with Gasteiger partial charge < -0.3 is 25.0 Å². The fourth-order valence-electron chi connectivity index (χ4n) is 3.80. The molecule has 7 nitrogen and oxygen atoms in total. The highest BCUT2D eigenvalue weighted by Gasteiger charge is 2.20. The van der Waals surface area contributed by atoms with E-state index in [9.17, 15) is 4.79 Å². The first kappa shape index (κ1) is 26.8. The zero-order valence-electron chi connectivity index (χ0n) is 19.9. The lowest BCUT2D eigenvalue weighted by molar-refractivity contribution is -0.130. The van der Waals surface area contributed by atoms with Crippen LogP contribution in [-0.2, 0) is 17.8 Å². The number of nitrogens with zero attached hydrogens (tertiary/aromatic N) is 2. The Bertz CT molecular complexity index is 951. The van der Waals surface area contributed by atoms with Crippen LogP contribution in [0.3, 0.4) is 0 Å². The van der Waals surface area contributed by atoms with E-state index in [2.05, 4.69) is 33.8 Å². The number of halogens is 1. The molecule has 0 saturated carbocycles. The lowest BCUT2D eigenvalue weighted by Gasteiger charge is -2.29. The minimum Gasteiger partial charge on any atom is -0.490 e. The first-order valence-electron chi connectivity index (χ1n) is 11.3. The van der Waals surface area contributed by atoms with Crippen LogP contribution < -0.4 is 20.1 Å². The minimum atomic E-state index is -0.0342. The molecule has 0 fully saturated rings. The molecule has 2 aromatic carbocycles. The third-order valence-electron chi connectivity index (χ3n) is 5.53. The van der Waals surface area contributed by atoms with Crippen LogP contribution in [0.1, 0.15) is 43.5 Å². The van der Waals surface area contributed by atoms with Crippen molar-refractivity contribution in [3.63, 3.8) is 0 Å².